The summed E-state index contributed by atoms with van der Waals surface area (Å²) in [4.78, 5) is 69.6. The van der Waals surface area contributed by atoms with Crippen molar-refractivity contribution in [1.82, 2.24) is 20.0 Å². The highest BCUT2D eigenvalue weighted by molar-refractivity contribution is 6.05. The van der Waals surface area contributed by atoms with E-state index in [1.807, 2.05) is 41.3 Å². The van der Waals surface area contributed by atoms with Crippen LogP contribution < -0.4 is 15.8 Å². The van der Waals surface area contributed by atoms with Crippen LogP contribution in [0.2, 0.25) is 0 Å². The van der Waals surface area contributed by atoms with E-state index in [9.17, 15) is 29.2 Å². The summed E-state index contributed by atoms with van der Waals surface area (Å²) in [5.41, 5.74) is 9.47. The van der Waals surface area contributed by atoms with Crippen LogP contribution >= 0.6 is 0 Å². The Kier molecular flexibility index (Phi) is 10.4. The molecule has 2 aromatic carbocycles. The maximum absolute atomic E-state index is 13.9. The first-order valence-electron chi connectivity index (χ1n) is 19.9. The van der Waals surface area contributed by atoms with Gasteiger partial charge in [0.25, 0.3) is 5.91 Å². The first-order valence-corrected chi connectivity index (χ1v) is 19.9. The number of benzene rings is 2. The number of likely N-dealkylation sites (tertiary alicyclic amines) is 1. The fourth-order valence-corrected chi connectivity index (χ4v) is 9.59. The van der Waals surface area contributed by atoms with E-state index in [-0.39, 0.29) is 47.9 Å². The van der Waals surface area contributed by atoms with Crippen LogP contribution in [0.5, 0.6) is 5.75 Å². The van der Waals surface area contributed by atoms with Crippen LogP contribution in [0.15, 0.2) is 42.5 Å². The molecule has 0 spiro atoms. The summed E-state index contributed by atoms with van der Waals surface area (Å²) >= 11 is 0. The summed E-state index contributed by atoms with van der Waals surface area (Å²) in [6, 6.07) is 14.1. The third kappa shape index (κ3) is 7.45. The molecule has 0 radical (unpaired) electrons. The minimum Gasteiger partial charge on any atom is -0.494 e. The predicted molar refractivity (Wildman–Crippen MR) is 201 cm³/mol. The van der Waals surface area contributed by atoms with Crippen molar-refractivity contribution in [2.24, 2.45) is 23.5 Å². The Hall–Kier alpha value is -5.20. The highest BCUT2D eigenvalue weighted by Crippen LogP contribution is 2.49. The normalized spacial score (nSPS) is 29.6. The van der Waals surface area contributed by atoms with Crippen LogP contribution in [0, 0.1) is 40.9 Å². The van der Waals surface area contributed by atoms with Gasteiger partial charge in [0, 0.05) is 55.6 Å². The van der Waals surface area contributed by atoms with Gasteiger partial charge in [-0.15, -0.1) is 0 Å². The fourth-order valence-electron chi connectivity index (χ4n) is 9.59. The van der Waals surface area contributed by atoms with Crippen molar-refractivity contribution in [1.29, 1.82) is 5.26 Å². The number of hydrogen-bond acceptors (Lipinski definition) is 8. The Balaban J connectivity index is 0.803. The van der Waals surface area contributed by atoms with Gasteiger partial charge in [-0.25, -0.2) is 0 Å². The van der Waals surface area contributed by atoms with Crippen molar-refractivity contribution in [3.05, 3.63) is 64.7 Å². The van der Waals surface area contributed by atoms with Crippen LogP contribution in [0.1, 0.15) is 104 Å². The van der Waals surface area contributed by atoms with Gasteiger partial charge in [-0.3, -0.25) is 29.3 Å². The second-order valence-electron chi connectivity index (χ2n) is 16.2. The van der Waals surface area contributed by atoms with Crippen molar-refractivity contribution < 1.29 is 28.7 Å². The summed E-state index contributed by atoms with van der Waals surface area (Å²) < 4.78 is 6.12. The fraction of sp³-hybridized carbons (Fsp3) is 0.535. The lowest BCUT2D eigenvalue weighted by atomic mass is 9.90. The van der Waals surface area contributed by atoms with Gasteiger partial charge in [-0.05, 0) is 105 Å². The Morgan fingerprint density at radius 1 is 0.964 bits per heavy atom. The van der Waals surface area contributed by atoms with Crippen molar-refractivity contribution >= 4 is 29.5 Å². The minimum atomic E-state index is -0.653. The maximum atomic E-state index is 13.9. The number of nitrogens with one attached hydrogen (secondary N) is 1. The molecule has 3 N–H and O–H groups in total. The molecule has 0 bridgehead atoms. The van der Waals surface area contributed by atoms with Crippen LogP contribution in [-0.2, 0) is 25.7 Å². The summed E-state index contributed by atoms with van der Waals surface area (Å²) in [5, 5.41) is 12.4. The summed E-state index contributed by atoms with van der Waals surface area (Å²) in [6.45, 7) is 1.62. The molecule has 12 nitrogen and oxygen atoms in total. The molecule has 8 atom stereocenters. The zero-order chi connectivity index (χ0) is 38.2. The Bertz CT molecular complexity index is 2000. The third-order valence-corrected chi connectivity index (χ3v) is 12.7. The zero-order valence-electron chi connectivity index (χ0n) is 31.1. The molecule has 12 heteroatoms. The molecule has 4 saturated heterocycles. The highest BCUT2D eigenvalue weighted by atomic mass is 16.5. The van der Waals surface area contributed by atoms with Crippen LogP contribution in [-0.4, -0.2) is 88.1 Å². The van der Waals surface area contributed by atoms with E-state index < -0.39 is 24.0 Å². The van der Waals surface area contributed by atoms with Crippen molar-refractivity contribution in [3.8, 4) is 23.7 Å². The summed E-state index contributed by atoms with van der Waals surface area (Å²) in [6.07, 6.45) is 8.19. The molecule has 5 heterocycles. The van der Waals surface area contributed by atoms with Gasteiger partial charge < -0.3 is 25.2 Å². The van der Waals surface area contributed by atoms with Gasteiger partial charge in [0.2, 0.25) is 23.6 Å². The second kappa shape index (κ2) is 15.5. The lowest BCUT2D eigenvalue weighted by molar-refractivity contribution is -0.146. The largest absolute Gasteiger partial charge is 0.494 e. The van der Waals surface area contributed by atoms with E-state index in [1.165, 1.54) is 0 Å². The Morgan fingerprint density at radius 2 is 1.80 bits per heavy atom. The van der Waals surface area contributed by atoms with Gasteiger partial charge in [0.15, 0.2) is 0 Å². The second-order valence-corrected chi connectivity index (χ2v) is 16.2. The quantitative estimate of drug-likeness (QED) is 0.223. The number of imide groups is 1. The number of carbonyl (C=O) groups excluding carboxylic acids is 5. The number of carbonyl (C=O) groups is 5. The van der Waals surface area contributed by atoms with Crippen LogP contribution in [0.3, 0.4) is 0 Å². The molecule has 5 fully saturated rings. The highest BCUT2D eigenvalue weighted by Gasteiger charge is 2.51. The van der Waals surface area contributed by atoms with E-state index in [2.05, 4.69) is 23.2 Å². The van der Waals surface area contributed by atoms with Gasteiger partial charge >= 0.3 is 0 Å². The lowest BCUT2D eigenvalue weighted by Crippen LogP contribution is -2.55. The smallest absolute Gasteiger partial charge is 0.255 e. The first kappa shape index (κ1) is 36.8. The van der Waals surface area contributed by atoms with Gasteiger partial charge in [-0.1, -0.05) is 30.0 Å². The number of hydrogen-bond donors (Lipinski definition) is 2. The number of nitrogens with zero attached hydrogens (tertiary/aromatic N) is 4. The molecule has 286 valence electrons. The van der Waals surface area contributed by atoms with Crippen molar-refractivity contribution in [2.75, 3.05) is 19.7 Å². The molecular formula is C43H48N6O6. The number of nitrogens with two attached hydrogens (primary N) is 1. The number of rotatable bonds is 9. The maximum Gasteiger partial charge on any atom is 0.255 e. The van der Waals surface area contributed by atoms with Crippen molar-refractivity contribution in [2.45, 2.75) is 107 Å². The molecule has 1 saturated carbocycles. The number of unbranched alkanes of at least 4 members (excludes halogenated alkanes) is 3. The summed E-state index contributed by atoms with van der Waals surface area (Å²) in [5.74, 6) is 6.80. The zero-order valence-corrected chi connectivity index (χ0v) is 31.1. The van der Waals surface area contributed by atoms with Crippen molar-refractivity contribution in [3.63, 3.8) is 0 Å². The van der Waals surface area contributed by atoms with E-state index in [4.69, 9.17) is 10.5 Å². The van der Waals surface area contributed by atoms with E-state index in [0.29, 0.717) is 69.3 Å². The molecule has 0 aromatic heterocycles. The van der Waals surface area contributed by atoms with Crippen LogP contribution in [0.4, 0.5) is 0 Å². The minimum absolute atomic E-state index is 0.0602. The number of nitriles is 1. The molecule has 3 unspecified atom stereocenters. The predicted octanol–water partition coefficient (Wildman–Crippen LogP) is 3.62. The average Bonchev–Trinajstić information content (AvgIpc) is 3.47. The average molecular weight is 745 g/mol. The Morgan fingerprint density at radius 3 is 2.64 bits per heavy atom. The number of amides is 5. The molecule has 8 rings (SSSR count). The van der Waals surface area contributed by atoms with E-state index in [0.717, 1.165) is 61.0 Å². The monoisotopic (exact) mass is 744 g/mol. The molecular weight excluding hydrogens is 697 g/mol. The SMILES string of the molecule is N#CC1CN(C(=O)[C@@H]2CC[C@@H]3C[C@H]4C[C@H]4C[C@H](N)C(=O)N32)CC1c1cccc(OCCCCCC#Cc2cccc3c2CN(C2CCC(=O)NC2=O)C3=O)c1. The Labute approximate surface area is 321 Å². The van der Waals surface area contributed by atoms with E-state index >= 15 is 0 Å². The van der Waals surface area contributed by atoms with E-state index in [1.54, 1.807) is 15.9 Å². The number of ether oxygens (including phenoxy) is 1. The number of piperidine rings is 1. The van der Waals surface area contributed by atoms with Gasteiger partial charge in [-0.2, -0.15) is 5.26 Å². The molecule has 55 heavy (non-hydrogen) atoms. The molecule has 2 aromatic rings. The first-order chi connectivity index (χ1) is 26.7. The lowest BCUT2D eigenvalue weighted by Gasteiger charge is -2.35. The molecule has 5 aliphatic heterocycles. The molecule has 5 amide bonds. The third-order valence-electron chi connectivity index (χ3n) is 12.7. The van der Waals surface area contributed by atoms with Gasteiger partial charge in [0.1, 0.15) is 17.8 Å². The molecule has 6 aliphatic rings. The summed E-state index contributed by atoms with van der Waals surface area (Å²) in [7, 11) is 0. The van der Waals surface area contributed by atoms with Gasteiger partial charge in [0.05, 0.1) is 24.6 Å². The number of fused-ring (bicyclic) bond motifs is 3. The van der Waals surface area contributed by atoms with Crippen LogP contribution in [0.25, 0.3) is 0 Å². The molecule has 1 aliphatic carbocycles. The topological polar surface area (TPSA) is 166 Å². The standard InChI is InChI=1S/C43H48N6O6/c44-22-30-23-47(43(54)38-14-13-31-19-28-18-29(28)21-36(45)42(53)49(31)38)24-34(30)27-10-6-11-32(20-27)55-17-5-3-1-2-4-8-26-9-7-12-33-35(26)25-48(41(33)52)37-15-16-39(50)46-40(37)51/h6-7,9-12,20,28-31,34,36-38H,1-3,5,13-19,21,23-25,45H2,(H,46,50,51)/t28-,29+,30?,31-,34?,36+,37?,38+/m1/s1.